The zero-order chi connectivity index (χ0) is 47.7. The molecule has 3 nitrogen and oxygen atoms in total. The van der Waals surface area contributed by atoms with E-state index >= 15 is 0 Å². The van der Waals surface area contributed by atoms with Crippen molar-refractivity contribution in [3.05, 3.63) is 218 Å². The normalized spacial score (nSPS) is 20.9. The second kappa shape index (κ2) is 16.3. The Morgan fingerprint density at radius 3 is 1.78 bits per heavy atom. The summed E-state index contributed by atoms with van der Waals surface area (Å²) in [6, 6.07) is 80.7. The summed E-state index contributed by atoms with van der Waals surface area (Å²) in [4.78, 5) is 7.61. The lowest BCUT2D eigenvalue weighted by Crippen LogP contribution is -2.78. The Hall–Kier alpha value is -6.99. The molecule has 2 aliphatic heterocycles. The SMILES string of the molecule is C[Si]1(C)c2cc(N(c3ccccc3)c3ccccc3)ccc2B2c3ccccc3N(c3ccccc3-n3c4ccccc4c4cc(C56CC7CC(CC(C7)C5)C6)ccc43)c3cc(Sc4ccccc4)cc1c32. The van der Waals surface area contributed by atoms with Crippen LogP contribution in [0.5, 0.6) is 0 Å². The minimum atomic E-state index is -2.41. The monoisotopic (exact) mass is 961 g/mol. The van der Waals surface area contributed by atoms with Crippen LogP contribution in [0.15, 0.2) is 222 Å². The van der Waals surface area contributed by atoms with E-state index in [2.05, 4.69) is 240 Å². The molecular weight excluding hydrogens is 906 g/mol. The van der Waals surface area contributed by atoms with Crippen molar-refractivity contribution in [2.45, 2.75) is 66.8 Å². The zero-order valence-corrected chi connectivity index (χ0v) is 42.8. The first-order chi connectivity index (χ1) is 35.4. The lowest BCUT2D eigenvalue weighted by Gasteiger charge is -2.57. The van der Waals surface area contributed by atoms with Gasteiger partial charge in [-0.3, -0.25) is 0 Å². The molecule has 3 heterocycles. The van der Waals surface area contributed by atoms with E-state index in [4.69, 9.17) is 0 Å². The van der Waals surface area contributed by atoms with Gasteiger partial charge in [0.2, 0.25) is 6.71 Å². The van der Waals surface area contributed by atoms with E-state index in [9.17, 15) is 0 Å². The molecule has 16 rings (SSSR count). The van der Waals surface area contributed by atoms with Crippen molar-refractivity contribution in [2.75, 3.05) is 9.80 Å². The average Bonchev–Trinajstić information content (AvgIpc) is 3.74. The fourth-order valence-electron chi connectivity index (χ4n) is 15.2. The molecule has 0 spiro atoms. The van der Waals surface area contributed by atoms with Crippen molar-refractivity contribution in [2.24, 2.45) is 17.8 Å². The summed E-state index contributed by atoms with van der Waals surface area (Å²) in [6.07, 6.45) is 8.51. The molecule has 1 aromatic heterocycles. The number of rotatable bonds is 8. The molecule has 0 radical (unpaired) electrons. The maximum Gasteiger partial charge on any atom is 0.246 e. The molecule has 0 amide bonds. The van der Waals surface area contributed by atoms with Crippen LogP contribution in [0.3, 0.4) is 0 Å². The standard InChI is InChI=1S/C66H56BN3SSi/c1-72(2)63-38-50(68(48-18-6-3-7-19-48)49-20-8-4-9-21-49)31-32-56(63)67-55-25-13-15-27-59(55)70(62-39-52(40-64(72)65(62)67)71-51-22-10-5-11-23-51)61-29-17-16-28-60(61)69-57-26-14-12-24-53(57)54-37-47(30-33-58(54)69)66-41-44-34-45(42-66)36-46(35-44)43-66/h3-33,37-40,44-46H,34-36,41-43H2,1-2H3. The highest BCUT2D eigenvalue weighted by Crippen LogP contribution is 2.61. The van der Waals surface area contributed by atoms with Gasteiger partial charge in [-0.15, -0.1) is 0 Å². The van der Waals surface area contributed by atoms with Crippen LogP contribution in [0.2, 0.25) is 13.1 Å². The molecule has 4 bridgehead atoms. The zero-order valence-electron chi connectivity index (χ0n) is 41.0. The van der Waals surface area contributed by atoms with Crippen LogP contribution in [-0.4, -0.2) is 19.4 Å². The molecule has 4 saturated carbocycles. The Balaban J connectivity index is 0.937. The highest BCUT2D eigenvalue weighted by atomic mass is 32.2. The lowest BCUT2D eigenvalue weighted by molar-refractivity contribution is -0.00512. The molecule has 10 aromatic rings. The first-order valence-corrected chi connectivity index (χ1v) is 30.2. The fourth-order valence-corrected chi connectivity index (χ4v) is 19.4. The minimum Gasteiger partial charge on any atom is -0.311 e. The van der Waals surface area contributed by atoms with Crippen molar-refractivity contribution < 1.29 is 0 Å². The summed E-state index contributed by atoms with van der Waals surface area (Å²) in [6.45, 7) is 5.28. The highest BCUT2D eigenvalue weighted by Gasteiger charge is 2.52. The third-order valence-corrected chi connectivity index (χ3v) is 22.3. The molecule has 348 valence electrons. The van der Waals surface area contributed by atoms with E-state index in [1.165, 1.54) is 125 Å². The van der Waals surface area contributed by atoms with Crippen LogP contribution >= 0.6 is 11.8 Å². The molecule has 4 aliphatic carbocycles. The summed E-state index contributed by atoms with van der Waals surface area (Å²) in [5, 5.41) is 5.75. The number of hydrogen-bond donors (Lipinski definition) is 0. The van der Waals surface area contributed by atoms with Crippen LogP contribution < -0.4 is 36.6 Å². The topological polar surface area (TPSA) is 11.4 Å². The predicted octanol–water partition coefficient (Wildman–Crippen LogP) is 14.3. The smallest absolute Gasteiger partial charge is 0.246 e. The Kier molecular flexibility index (Phi) is 9.64. The molecule has 6 aliphatic rings. The summed E-state index contributed by atoms with van der Waals surface area (Å²) in [7, 11) is -2.41. The largest absolute Gasteiger partial charge is 0.311 e. The second-order valence-electron chi connectivity index (χ2n) is 22.3. The lowest BCUT2D eigenvalue weighted by atomic mass is 9.35. The van der Waals surface area contributed by atoms with Crippen molar-refractivity contribution in [1.29, 1.82) is 0 Å². The van der Waals surface area contributed by atoms with Gasteiger partial charge >= 0.3 is 0 Å². The number of aromatic nitrogens is 1. The molecule has 72 heavy (non-hydrogen) atoms. The summed E-state index contributed by atoms with van der Waals surface area (Å²) in [5.74, 6) is 2.73. The average molecular weight is 962 g/mol. The molecule has 0 N–H and O–H groups in total. The van der Waals surface area contributed by atoms with Crippen LogP contribution in [0.1, 0.15) is 44.1 Å². The minimum absolute atomic E-state index is 0.0770. The molecule has 9 aromatic carbocycles. The first-order valence-electron chi connectivity index (χ1n) is 26.4. The molecule has 0 saturated heterocycles. The number of fused-ring (bicyclic) bond motifs is 7. The van der Waals surface area contributed by atoms with E-state index in [1.54, 1.807) is 5.56 Å². The Labute approximate surface area is 429 Å². The number of nitrogens with zero attached hydrogens (tertiary/aromatic N) is 3. The van der Waals surface area contributed by atoms with Gasteiger partial charge in [0, 0.05) is 49.0 Å². The van der Waals surface area contributed by atoms with Crippen LogP contribution in [0.4, 0.5) is 34.1 Å². The maximum atomic E-state index is 2.65. The second-order valence-corrected chi connectivity index (χ2v) is 27.8. The molecular formula is C66H56BN3SSi. The van der Waals surface area contributed by atoms with Gasteiger partial charge in [-0.2, -0.15) is 0 Å². The van der Waals surface area contributed by atoms with Gasteiger partial charge in [0.1, 0.15) is 8.07 Å². The van der Waals surface area contributed by atoms with E-state index in [1.807, 2.05) is 11.8 Å². The quantitative estimate of drug-likeness (QED) is 0.141. The van der Waals surface area contributed by atoms with Gasteiger partial charge in [-0.05, 0) is 175 Å². The van der Waals surface area contributed by atoms with Gasteiger partial charge in [-0.1, -0.05) is 156 Å². The van der Waals surface area contributed by atoms with Crippen LogP contribution in [0.25, 0.3) is 27.5 Å². The van der Waals surface area contributed by atoms with Gasteiger partial charge in [-0.25, -0.2) is 0 Å². The summed E-state index contributed by atoms with van der Waals surface area (Å²) >= 11 is 1.89. The van der Waals surface area contributed by atoms with Crippen molar-refractivity contribution in [1.82, 2.24) is 4.57 Å². The van der Waals surface area contributed by atoms with Gasteiger partial charge in [0.15, 0.2) is 0 Å². The van der Waals surface area contributed by atoms with E-state index in [0.717, 1.165) is 29.1 Å². The van der Waals surface area contributed by atoms with Crippen LogP contribution in [0, 0.1) is 17.8 Å². The Morgan fingerprint density at radius 1 is 0.472 bits per heavy atom. The number of anilines is 6. The molecule has 4 fully saturated rings. The van der Waals surface area contributed by atoms with Crippen LogP contribution in [-0.2, 0) is 5.41 Å². The van der Waals surface area contributed by atoms with E-state index < -0.39 is 8.07 Å². The van der Waals surface area contributed by atoms with E-state index in [0.29, 0.717) is 5.41 Å². The Bertz CT molecular complexity index is 3700. The Morgan fingerprint density at radius 2 is 1.07 bits per heavy atom. The number of hydrogen-bond acceptors (Lipinski definition) is 3. The third-order valence-electron chi connectivity index (χ3n) is 17.8. The number of para-hydroxylation sites is 6. The predicted molar refractivity (Wildman–Crippen MR) is 308 cm³/mol. The first kappa shape index (κ1) is 42.7. The molecule has 6 heteroatoms. The number of benzene rings is 9. The molecule has 0 atom stereocenters. The summed E-state index contributed by atoms with van der Waals surface area (Å²) in [5.41, 5.74) is 17.2. The van der Waals surface area contributed by atoms with Gasteiger partial charge in [0.25, 0.3) is 0 Å². The fraction of sp³-hybridized carbons (Fsp3) is 0.182. The van der Waals surface area contributed by atoms with Gasteiger partial charge < -0.3 is 14.4 Å². The van der Waals surface area contributed by atoms with Crippen molar-refractivity contribution in [3.63, 3.8) is 0 Å². The van der Waals surface area contributed by atoms with Crippen molar-refractivity contribution >= 4 is 109 Å². The van der Waals surface area contributed by atoms with Crippen molar-refractivity contribution in [3.8, 4) is 5.69 Å². The van der Waals surface area contributed by atoms with E-state index in [-0.39, 0.29) is 6.71 Å². The summed E-state index contributed by atoms with van der Waals surface area (Å²) < 4.78 is 2.59. The van der Waals surface area contributed by atoms with Gasteiger partial charge in [0.05, 0.1) is 22.4 Å². The maximum absolute atomic E-state index is 2.65. The molecule has 0 unspecified atom stereocenters. The highest BCUT2D eigenvalue weighted by molar-refractivity contribution is 7.99. The third kappa shape index (κ3) is 6.50.